The number of likely N-dealkylation sites (N-methyl/N-ethyl adjacent to an activating group) is 7. The predicted molar refractivity (Wildman–Crippen MR) is 374 cm³/mol. The van der Waals surface area contributed by atoms with Gasteiger partial charge in [0.05, 0.1) is 31.2 Å². The molecule has 5 aliphatic rings. The van der Waals surface area contributed by atoms with Crippen LogP contribution in [-0.4, -0.2) is 270 Å². The maximum atomic E-state index is 15.5. The SMILES string of the molecule is CCO[C@@H]1C[C@H]2C(=O)NC3(CCC3)C(=O)N(C)[C@@H](C3CCCC3)C(=O)N(C)[C@H](C(=O)N(C)CC)CC(=O)N(C)[C@@H](CC(F)F)C(=O)N[C@@H]([C@@H](C)CC)C(=O)N(C)CC(=O)N(C)[C@@H]3C/C=C\CCN(C3=O)[C@@H](Cc3ccc(C(F)(F)F)cc3)C(=O)N(C)CC(=O)N[C@@H](CCc3cc(F)c(C(F)(F)F)c(F)c3)C(=O)N2C1. The highest BCUT2D eigenvalue weighted by atomic mass is 19.4. The molecule has 4 fully saturated rings. The van der Waals surface area contributed by atoms with Crippen LogP contribution in [0.3, 0.4) is 0 Å². The van der Waals surface area contributed by atoms with Crippen LogP contribution in [0, 0.1) is 23.5 Å². The highest BCUT2D eigenvalue weighted by molar-refractivity contribution is 6.01. The molecule has 0 aromatic heterocycles. The standard InChI is InChI=1S/C74H100F10N12O13/c1-12-42(4)61-69(106)90(7)41-59(99)91(8)51-23-16-15-19-32-95(68(51)105)55(35-43-24-27-46(28-25-43)73(79,80)81)67(104)89(6)40-57(97)85-50(29-26-44-33-48(75)60(49(76)34-44)74(82,83)84)65(102)96-39-47(109-14-3)36-53(96)64(101)87-72(30-20-31-72)71(108)94(11)62(45-21-17-18-22-45)70(107)93(10)54(66(103)88(5)13-2)38-58(98)92(9)52(37-56(77)78)63(100)86-61/h15-16,24-25,27-28,33-34,42,45,47,50-56,61-62H,12-14,17-23,26,29-32,35-41H2,1-11H3,(H,85,97)(H,86,100)(H,87,101)/b16-15-/t42-,47+,50-,51+,52-,53-,54-,55-,61-,62-/m0/s1. The van der Waals surface area contributed by atoms with E-state index in [0.29, 0.717) is 49.1 Å². The van der Waals surface area contributed by atoms with Gasteiger partial charge in [-0.15, -0.1) is 0 Å². The number of ether oxygens (including phenoxy) is 1. The van der Waals surface area contributed by atoms with Crippen molar-refractivity contribution in [3.63, 3.8) is 0 Å². The molecule has 12 amide bonds. The van der Waals surface area contributed by atoms with E-state index < -0.39 is 235 Å². The van der Waals surface area contributed by atoms with E-state index in [1.54, 1.807) is 39.8 Å². The van der Waals surface area contributed by atoms with Crippen molar-refractivity contribution in [2.45, 2.75) is 209 Å². The van der Waals surface area contributed by atoms with E-state index in [1.165, 1.54) is 40.1 Å². The molecule has 2 aliphatic carbocycles. The van der Waals surface area contributed by atoms with Crippen molar-refractivity contribution in [2.24, 2.45) is 11.8 Å². The molecule has 604 valence electrons. The zero-order chi connectivity index (χ0) is 81.1. The molecule has 10 atom stereocenters. The Kier molecular flexibility index (Phi) is 29.8. The lowest BCUT2D eigenvalue weighted by Crippen LogP contribution is -2.68. The minimum atomic E-state index is -5.48. The van der Waals surface area contributed by atoms with Gasteiger partial charge in [-0.2, -0.15) is 26.3 Å². The molecule has 109 heavy (non-hydrogen) atoms. The average Bonchev–Trinajstić information content (AvgIpc) is 1.69. The largest absolute Gasteiger partial charge is 0.422 e. The fraction of sp³-hybridized carbons (Fsp3) is 0.649. The maximum absolute atomic E-state index is 15.5. The van der Waals surface area contributed by atoms with Crippen molar-refractivity contribution in [1.29, 1.82) is 0 Å². The Labute approximate surface area is 627 Å². The summed E-state index contributed by atoms with van der Waals surface area (Å²) < 4.78 is 149. The summed E-state index contributed by atoms with van der Waals surface area (Å²) in [6.07, 6.45) is -13.2. The molecule has 35 heteroatoms. The third-order valence-electron chi connectivity index (χ3n) is 21.8. The molecule has 3 aliphatic heterocycles. The number of halogens is 10. The van der Waals surface area contributed by atoms with Gasteiger partial charge in [-0.1, -0.05) is 57.4 Å². The number of nitrogens with zero attached hydrogens (tertiary/aromatic N) is 9. The van der Waals surface area contributed by atoms with Crippen molar-refractivity contribution < 1.29 is 106 Å². The summed E-state index contributed by atoms with van der Waals surface area (Å²) in [5.74, 6) is -17.0. The van der Waals surface area contributed by atoms with Gasteiger partial charge in [0.1, 0.15) is 71.1 Å². The Hall–Kier alpha value is -8.92. The number of hydrogen-bond donors (Lipinski definition) is 3. The van der Waals surface area contributed by atoms with Crippen LogP contribution in [0.15, 0.2) is 48.6 Å². The van der Waals surface area contributed by atoms with Crippen LogP contribution in [0.2, 0.25) is 0 Å². The first-order valence-corrected chi connectivity index (χ1v) is 36.7. The second-order valence-electron chi connectivity index (χ2n) is 29.1. The molecule has 2 saturated heterocycles. The van der Waals surface area contributed by atoms with Crippen LogP contribution in [0.5, 0.6) is 0 Å². The second-order valence-corrected chi connectivity index (χ2v) is 29.1. The lowest BCUT2D eigenvalue weighted by Gasteiger charge is -2.46. The summed E-state index contributed by atoms with van der Waals surface area (Å²) in [6.45, 7) is 4.00. The third-order valence-corrected chi connectivity index (χ3v) is 21.8. The first-order chi connectivity index (χ1) is 51.1. The number of carbonyl (C=O) groups is 12. The van der Waals surface area contributed by atoms with E-state index in [2.05, 4.69) is 16.0 Å². The molecule has 2 bridgehead atoms. The number of benzene rings is 2. The van der Waals surface area contributed by atoms with Crippen LogP contribution in [-0.2, 0) is 87.5 Å². The summed E-state index contributed by atoms with van der Waals surface area (Å²) in [6, 6.07) is -8.95. The minimum Gasteiger partial charge on any atom is -0.377 e. The Morgan fingerprint density at radius 2 is 1.30 bits per heavy atom. The van der Waals surface area contributed by atoms with Crippen molar-refractivity contribution in [2.75, 3.05) is 88.7 Å². The van der Waals surface area contributed by atoms with Crippen LogP contribution in [0.25, 0.3) is 0 Å². The van der Waals surface area contributed by atoms with E-state index in [-0.39, 0.29) is 70.3 Å². The molecular weight excluding hydrogens is 1450 g/mol. The smallest absolute Gasteiger partial charge is 0.377 e. The van der Waals surface area contributed by atoms with Crippen LogP contribution < -0.4 is 16.0 Å². The molecule has 0 unspecified atom stereocenters. The fourth-order valence-electron chi connectivity index (χ4n) is 14.9. The van der Waals surface area contributed by atoms with Gasteiger partial charge in [-0.25, -0.2) is 17.6 Å². The minimum absolute atomic E-state index is 0.0188. The van der Waals surface area contributed by atoms with Gasteiger partial charge in [0.25, 0.3) is 0 Å². The summed E-state index contributed by atoms with van der Waals surface area (Å²) in [5, 5.41) is 7.87. The van der Waals surface area contributed by atoms with Gasteiger partial charge in [-0.05, 0) is 119 Å². The Balaban J connectivity index is 1.36. The number of nitrogens with one attached hydrogen (secondary N) is 3. The van der Waals surface area contributed by atoms with Crippen molar-refractivity contribution >= 4 is 70.9 Å². The summed E-state index contributed by atoms with van der Waals surface area (Å²) in [4.78, 5) is 189. The summed E-state index contributed by atoms with van der Waals surface area (Å²) in [5.41, 5.74) is -5.42. The number of aryl methyl sites for hydroxylation is 1. The lowest BCUT2D eigenvalue weighted by atomic mass is 9.74. The molecule has 2 saturated carbocycles. The predicted octanol–water partition coefficient (Wildman–Crippen LogP) is 5.74. The van der Waals surface area contributed by atoms with Gasteiger partial charge < -0.3 is 64.8 Å². The number of hydrogen-bond acceptors (Lipinski definition) is 13. The van der Waals surface area contributed by atoms with Crippen LogP contribution in [0.1, 0.15) is 140 Å². The van der Waals surface area contributed by atoms with Crippen molar-refractivity contribution in [1.82, 2.24) is 60.0 Å². The van der Waals surface area contributed by atoms with E-state index in [4.69, 9.17) is 4.74 Å². The molecule has 1 spiro atoms. The topological polar surface area (TPSA) is 279 Å². The summed E-state index contributed by atoms with van der Waals surface area (Å²) >= 11 is 0. The molecule has 3 N–H and O–H groups in total. The number of alkyl halides is 8. The molecule has 0 radical (unpaired) electrons. The highest BCUT2D eigenvalue weighted by Gasteiger charge is 2.54. The first-order valence-electron chi connectivity index (χ1n) is 36.7. The molecule has 25 nitrogen and oxygen atoms in total. The van der Waals surface area contributed by atoms with Gasteiger partial charge >= 0.3 is 12.4 Å². The number of fused-ring (bicyclic) bond motifs is 3. The highest BCUT2D eigenvalue weighted by Crippen LogP contribution is 2.40. The quantitative estimate of drug-likeness (QED) is 0.151. The normalized spacial score (nSPS) is 26.0. The third kappa shape index (κ3) is 21.0. The monoisotopic (exact) mass is 1550 g/mol. The van der Waals surface area contributed by atoms with E-state index >= 15 is 37.5 Å². The van der Waals surface area contributed by atoms with Crippen LogP contribution >= 0.6 is 0 Å². The van der Waals surface area contributed by atoms with Crippen LogP contribution in [0.4, 0.5) is 43.9 Å². The fourth-order valence-corrected chi connectivity index (χ4v) is 14.9. The van der Waals surface area contributed by atoms with E-state index in [1.807, 2.05) is 0 Å². The Bertz CT molecular complexity index is 3670. The summed E-state index contributed by atoms with van der Waals surface area (Å²) in [7, 11) is 8.48. The lowest BCUT2D eigenvalue weighted by molar-refractivity contribution is -0.158. The van der Waals surface area contributed by atoms with Gasteiger partial charge in [0.15, 0.2) is 0 Å². The van der Waals surface area contributed by atoms with Gasteiger partial charge in [0.2, 0.25) is 77.3 Å². The number of carbonyl (C=O) groups excluding carboxylic acids is 12. The zero-order valence-electron chi connectivity index (χ0n) is 63.2. The average molecular weight is 1560 g/mol. The molecule has 7 rings (SSSR count). The number of amides is 12. The molecule has 2 aromatic carbocycles. The maximum Gasteiger partial charge on any atom is 0.422 e. The van der Waals surface area contributed by atoms with Crippen molar-refractivity contribution in [3.05, 3.63) is 82.4 Å². The molecule has 2 aromatic rings. The van der Waals surface area contributed by atoms with Crippen molar-refractivity contribution in [3.8, 4) is 0 Å². The molecule has 3 heterocycles. The molecular formula is C74H100F10N12O13. The first kappa shape index (κ1) is 87.3. The number of rotatable bonds is 14. The van der Waals surface area contributed by atoms with Gasteiger partial charge in [-0.3, -0.25) is 57.5 Å². The van der Waals surface area contributed by atoms with Gasteiger partial charge in [0, 0.05) is 94.8 Å². The zero-order valence-corrected chi connectivity index (χ0v) is 63.2. The Morgan fingerprint density at radius 3 is 1.86 bits per heavy atom. The van der Waals surface area contributed by atoms with E-state index in [9.17, 15) is 63.9 Å². The second kappa shape index (κ2) is 37.2. The van der Waals surface area contributed by atoms with E-state index in [0.717, 1.165) is 72.7 Å². The Morgan fingerprint density at radius 1 is 0.679 bits per heavy atom.